The Morgan fingerprint density at radius 3 is 2.37 bits per heavy atom. The Morgan fingerprint density at radius 1 is 0.933 bits per heavy atom. The van der Waals surface area contributed by atoms with Gasteiger partial charge >= 0.3 is 0 Å². The number of rotatable bonds is 5. The molecule has 2 N–H and O–H groups in total. The minimum atomic E-state index is -1.23. The summed E-state index contributed by atoms with van der Waals surface area (Å²) in [6, 6.07) is 26.2. The van der Waals surface area contributed by atoms with Gasteiger partial charge < -0.3 is 5.73 Å². The van der Waals surface area contributed by atoms with Crippen molar-refractivity contribution in [2.24, 2.45) is 0 Å². The second kappa shape index (κ2) is 8.14. The summed E-state index contributed by atoms with van der Waals surface area (Å²) in [7, 11) is -1.23. The van der Waals surface area contributed by atoms with Crippen molar-refractivity contribution in [1.82, 2.24) is 4.98 Å². The molecule has 0 saturated carbocycles. The predicted molar refractivity (Wildman–Crippen MR) is 129 cm³/mol. The number of aromatic nitrogens is 1. The standard InChI is InChI=1S/C24H18N2OS3/c25-22-21-18(17-10-5-2-6-11-17)14-19(20-12-7-13-28-20)26-23(21)29-24(22)30(27)15-16-8-3-1-4-9-16/h1-14H,15,25H2/t30-/m1/s1. The normalized spacial score (nSPS) is 12.3. The molecule has 148 valence electrons. The van der Waals surface area contributed by atoms with Gasteiger partial charge in [-0.3, -0.25) is 4.21 Å². The van der Waals surface area contributed by atoms with Crippen molar-refractivity contribution < 1.29 is 4.21 Å². The van der Waals surface area contributed by atoms with Gasteiger partial charge in [-0.25, -0.2) is 4.98 Å². The maximum Gasteiger partial charge on any atom is 0.127 e. The fourth-order valence-corrected chi connectivity index (χ4v) is 6.76. The van der Waals surface area contributed by atoms with Gasteiger partial charge in [-0.05, 0) is 34.2 Å². The third kappa shape index (κ3) is 3.58. The van der Waals surface area contributed by atoms with E-state index in [9.17, 15) is 4.21 Å². The van der Waals surface area contributed by atoms with Crippen molar-refractivity contribution in [1.29, 1.82) is 0 Å². The van der Waals surface area contributed by atoms with Crippen LogP contribution in [0.5, 0.6) is 0 Å². The number of nitrogens with two attached hydrogens (primary N) is 1. The van der Waals surface area contributed by atoms with Crippen LogP contribution in [0.2, 0.25) is 0 Å². The molecule has 0 bridgehead atoms. The van der Waals surface area contributed by atoms with E-state index in [4.69, 9.17) is 10.7 Å². The molecule has 0 fully saturated rings. The van der Waals surface area contributed by atoms with Crippen LogP contribution in [0, 0.1) is 0 Å². The summed E-state index contributed by atoms with van der Waals surface area (Å²) in [5.74, 6) is 0.441. The molecular formula is C24H18N2OS3. The van der Waals surface area contributed by atoms with Crippen LogP contribution in [0.1, 0.15) is 5.56 Å². The van der Waals surface area contributed by atoms with Crippen LogP contribution < -0.4 is 5.73 Å². The van der Waals surface area contributed by atoms with Gasteiger partial charge in [-0.2, -0.15) is 0 Å². The van der Waals surface area contributed by atoms with E-state index in [1.807, 2.05) is 60.0 Å². The Labute approximate surface area is 185 Å². The number of anilines is 1. The molecule has 0 aliphatic heterocycles. The summed E-state index contributed by atoms with van der Waals surface area (Å²) >= 11 is 3.10. The molecule has 1 atom stereocenters. The second-order valence-corrected chi connectivity index (χ2v) is 10.5. The van der Waals surface area contributed by atoms with E-state index in [1.54, 1.807) is 11.3 Å². The van der Waals surface area contributed by atoms with Crippen molar-refractivity contribution in [3.05, 3.63) is 89.8 Å². The Balaban J connectivity index is 1.68. The van der Waals surface area contributed by atoms with Crippen molar-refractivity contribution in [2.45, 2.75) is 9.96 Å². The number of thiophene rings is 2. The smallest absolute Gasteiger partial charge is 0.127 e. The van der Waals surface area contributed by atoms with Gasteiger partial charge in [0.15, 0.2) is 0 Å². The first-order chi connectivity index (χ1) is 14.7. The molecule has 0 unspecified atom stereocenters. The Hall–Kier alpha value is -2.80. The predicted octanol–water partition coefficient (Wildman–Crippen LogP) is 6.58. The topological polar surface area (TPSA) is 56.0 Å². The highest BCUT2D eigenvalue weighted by Crippen LogP contribution is 2.43. The summed E-state index contributed by atoms with van der Waals surface area (Å²) in [5, 5.41) is 2.94. The van der Waals surface area contributed by atoms with Crippen LogP contribution in [-0.2, 0) is 16.6 Å². The fourth-order valence-electron chi connectivity index (χ4n) is 3.46. The summed E-state index contributed by atoms with van der Waals surface area (Å²) < 4.78 is 13.9. The Morgan fingerprint density at radius 2 is 1.67 bits per heavy atom. The molecule has 5 rings (SSSR count). The average Bonchev–Trinajstić information content (AvgIpc) is 3.43. The van der Waals surface area contributed by atoms with E-state index in [-0.39, 0.29) is 0 Å². The molecule has 3 heterocycles. The number of hydrogen-bond acceptors (Lipinski definition) is 5. The molecule has 0 saturated heterocycles. The quantitative estimate of drug-likeness (QED) is 0.332. The van der Waals surface area contributed by atoms with Crippen molar-refractivity contribution in [2.75, 3.05) is 5.73 Å². The maximum absolute atomic E-state index is 13.2. The lowest BCUT2D eigenvalue weighted by Gasteiger charge is -2.08. The number of nitrogens with zero attached hydrogens (tertiary/aromatic N) is 1. The van der Waals surface area contributed by atoms with Crippen LogP contribution in [0.3, 0.4) is 0 Å². The van der Waals surface area contributed by atoms with Gasteiger partial charge in [-0.1, -0.05) is 66.7 Å². The van der Waals surface area contributed by atoms with Crippen LogP contribution >= 0.6 is 22.7 Å². The van der Waals surface area contributed by atoms with Crippen LogP contribution in [0.4, 0.5) is 5.69 Å². The van der Waals surface area contributed by atoms with E-state index in [1.165, 1.54) is 11.3 Å². The number of nitrogen functional groups attached to an aromatic ring is 1. The number of hydrogen-bond donors (Lipinski definition) is 1. The van der Waals surface area contributed by atoms with E-state index in [0.717, 1.165) is 37.5 Å². The Kier molecular flexibility index (Phi) is 5.21. The molecule has 3 aromatic heterocycles. The first-order valence-electron chi connectivity index (χ1n) is 9.45. The van der Waals surface area contributed by atoms with Gasteiger partial charge in [0, 0.05) is 5.39 Å². The highest BCUT2D eigenvalue weighted by Gasteiger charge is 2.21. The van der Waals surface area contributed by atoms with Crippen molar-refractivity contribution >= 4 is 49.4 Å². The van der Waals surface area contributed by atoms with Gasteiger partial charge in [0.25, 0.3) is 0 Å². The molecule has 0 amide bonds. The lowest BCUT2D eigenvalue weighted by molar-refractivity contribution is 0.684. The van der Waals surface area contributed by atoms with Crippen LogP contribution in [0.15, 0.2) is 88.5 Å². The molecule has 30 heavy (non-hydrogen) atoms. The monoisotopic (exact) mass is 446 g/mol. The number of pyridine rings is 1. The molecule has 0 spiro atoms. The molecule has 0 aliphatic rings. The van der Waals surface area contributed by atoms with E-state index < -0.39 is 10.8 Å². The van der Waals surface area contributed by atoms with Crippen molar-refractivity contribution in [3.8, 4) is 21.7 Å². The first kappa shape index (κ1) is 19.2. The molecular weight excluding hydrogens is 428 g/mol. The number of fused-ring (bicyclic) bond motifs is 1. The third-order valence-corrected chi connectivity index (χ3v) is 8.69. The SMILES string of the molecule is Nc1c([S@](=O)Cc2ccccc2)sc2nc(-c3cccs3)cc(-c3ccccc3)c12. The number of benzene rings is 2. The first-order valence-corrected chi connectivity index (χ1v) is 12.5. The molecule has 0 aliphatic carbocycles. The van der Waals surface area contributed by atoms with Crippen LogP contribution in [0.25, 0.3) is 31.9 Å². The van der Waals surface area contributed by atoms with Crippen LogP contribution in [-0.4, -0.2) is 9.19 Å². The summed E-state index contributed by atoms with van der Waals surface area (Å²) in [6.07, 6.45) is 0. The summed E-state index contributed by atoms with van der Waals surface area (Å²) in [4.78, 5) is 6.82. The summed E-state index contributed by atoms with van der Waals surface area (Å²) in [5.41, 5.74) is 11.2. The average molecular weight is 447 g/mol. The third-order valence-electron chi connectivity index (χ3n) is 4.87. The van der Waals surface area contributed by atoms with Gasteiger partial charge in [-0.15, -0.1) is 22.7 Å². The highest BCUT2D eigenvalue weighted by atomic mass is 32.2. The van der Waals surface area contributed by atoms with E-state index >= 15 is 0 Å². The van der Waals surface area contributed by atoms with E-state index in [2.05, 4.69) is 24.3 Å². The van der Waals surface area contributed by atoms with E-state index in [0.29, 0.717) is 15.6 Å². The molecule has 0 radical (unpaired) electrons. The molecule has 5 aromatic rings. The molecule has 2 aromatic carbocycles. The zero-order valence-corrected chi connectivity index (χ0v) is 18.4. The van der Waals surface area contributed by atoms with Gasteiger partial charge in [0.05, 0.1) is 32.8 Å². The molecule has 6 heteroatoms. The highest BCUT2D eigenvalue weighted by molar-refractivity contribution is 7.87. The second-order valence-electron chi connectivity index (χ2n) is 6.86. The minimum Gasteiger partial charge on any atom is -0.396 e. The lowest BCUT2D eigenvalue weighted by atomic mass is 10.0. The lowest BCUT2D eigenvalue weighted by Crippen LogP contribution is -1.98. The fraction of sp³-hybridized carbons (Fsp3) is 0.0417. The Bertz CT molecular complexity index is 1330. The zero-order chi connectivity index (χ0) is 20.5. The zero-order valence-electron chi connectivity index (χ0n) is 15.9. The summed E-state index contributed by atoms with van der Waals surface area (Å²) in [6.45, 7) is 0. The van der Waals surface area contributed by atoms with Gasteiger partial charge in [0.1, 0.15) is 9.04 Å². The van der Waals surface area contributed by atoms with Gasteiger partial charge in [0.2, 0.25) is 0 Å². The maximum atomic E-state index is 13.2. The molecule has 3 nitrogen and oxygen atoms in total. The largest absolute Gasteiger partial charge is 0.396 e. The van der Waals surface area contributed by atoms with Crippen molar-refractivity contribution in [3.63, 3.8) is 0 Å². The minimum absolute atomic E-state index is 0.441.